The number of carbonyl (C=O) groups excluding carboxylic acids is 2. The van der Waals surface area contributed by atoms with E-state index in [0.717, 1.165) is 34.5 Å². The van der Waals surface area contributed by atoms with Gasteiger partial charge in [0.15, 0.2) is 0 Å². The Balaban J connectivity index is 1.52. The van der Waals surface area contributed by atoms with Crippen molar-refractivity contribution in [2.45, 2.75) is 32.9 Å². The SMILES string of the molecule is COc1ccc(C(=O)N2c3cc(CNC(=O)c4cccc(C)c4)ccc3C[C@@H]2C)cc1. The van der Waals surface area contributed by atoms with Crippen LogP contribution in [0.3, 0.4) is 0 Å². The smallest absolute Gasteiger partial charge is 0.258 e. The minimum atomic E-state index is -0.108. The van der Waals surface area contributed by atoms with Crippen LogP contribution < -0.4 is 15.0 Å². The highest BCUT2D eigenvalue weighted by Gasteiger charge is 2.31. The molecule has 1 aliphatic heterocycles. The van der Waals surface area contributed by atoms with Crippen LogP contribution in [0.4, 0.5) is 5.69 Å². The molecule has 0 spiro atoms. The number of aryl methyl sites for hydroxylation is 1. The number of carbonyl (C=O) groups is 2. The van der Waals surface area contributed by atoms with E-state index in [4.69, 9.17) is 4.74 Å². The lowest BCUT2D eigenvalue weighted by Crippen LogP contribution is -2.35. The highest BCUT2D eigenvalue weighted by Crippen LogP contribution is 2.34. The molecule has 0 bridgehead atoms. The molecular weight excluding hydrogens is 388 g/mol. The summed E-state index contributed by atoms with van der Waals surface area (Å²) in [6, 6.07) is 20.9. The monoisotopic (exact) mass is 414 g/mol. The minimum Gasteiger partial charge on any atom is -0.497 e. The summed E-state index contributed by atoms with van der Waals surface area (Å²) in [5.41, 5.74) is 5.33. The molecule has 1 N–H and O–H groups in total. The lowest BCUT2D eigenvalue weighted by Gasteiger charge is -2.23. The van der Waals surface area contributed by atoms with Crippen molar-refractivity contribution in [2.75, 3.05) is 12.0 Å². The molecule has 1 aliphatic rings. The summed E-state index contributed by atoms with van der Waals surface area (Å²) >= 11 is 0. The van der Waals surface area contributed by atoms with Gasteiger partial charge in [0.1, 0.15) is 5.75 Å². The second-order valence-electron chi connectivity index (χ2n) is 7.97. The third kappa shape index (κ3) is 4.31. The van der Waals surface area contributed by atoms with Gasteiger partial charge in [-0.1, -0.05) is 29.8 Å². The quantitative estimate of drug-likeness (QED) is 0.668. The summed E-state index contributed by atoms with van der Waals surface area (Å²) in [4.78, 5) is 27.6. The summed E-state index contributed by atoms with van der Waals surface area (Å²) < 4.78 is 5.19. The zero-order valence-electron chi connectivity index (χ0n) is 18.0. The van der Waals surface area contributed by atoms with Crippen molar-refractivity contribution in [3.05, 3.63) is 94.5 Å². The fourth-order valence-electron chi connectivity index (χ4n) is 4.02. The van der Waals surface area contributed by atoms with Gasteiger partial charge in [-0.3, -0.25) is 9.59 Å². The summed E-state index contributed by atoms with van der Waals surface area (Å²) in [6.07, 6.45) is 0.813. The lowest BCUT2D eigenvalue weighted by atomic mass is 10.1. The molecule has 0 aliphatic carbocycles. The number of rotatable bonds is 5. The zero-order chi connectivity index (χ0) is 22.0. The van der Waals surface area contributed by atoms with Crippen molar-refractivity contribution in [1.29, 1.82) is 0 Å². The van der Waals surface area contributed by atoms with Gasteiger partial charge in [0, 0.05) is 29.4 Å². The second kappa shape index (κ2) is 8.64. The largest absolute Gasteiger partial charge is 0.497 e. The molecular formula is C26H26N2O3. The number of methoxy groups -OCH3 is 1. The van der Waals surface area contributed by atoms with Gasteiger partial charge in [-0.2, -0.15) is 0 Å². The molecule has 3 aromatic rings. The van der Waals surface area contributed by atoms with Gasteiger partial charge in [0.05, 0.1) is 7.11 Å². The van der Waals surface area contributed by atoms with E-state index in [1.165, 1.54) is 0 Å². The van der Waals surface area contributed by atoms with Crippen LogP contribution in [0.5, 0.6) is 5.75 Å². The van der Waals surface area contributed by atoms with Crippen molar-refractivity contribution >= 4 is 17.5 Å². The van der Waals surface area contributed by atoms with E-state index in [1.807, 2.05) is 48.2 Å². The number of nitrogens with one attached hydrogen (secondary N) is 1. The predicted octanol–water partition coefficient (Wildman–Crippen LogP) is 4.53. The number of hydrogen-bond donors (Lipinski definition) is 1. The van der Waals surface area contributed by atoms with Crippen LogP contribution >= 0.6 is 0 Å². The fourth-order valence-corrected chi connectivity index (χ4v) is 4.02. The molecule has 0 radical (unpaired) electrons. The third-order valence-corrected chi connectivity index (χ3v) is 5.65. The number of anilines is 1. The number of benzene rings is 3. The Bertz CT molecular complexity index is 1120. The third-order valence-electron chi connectivity index (χ3n) is 5.65. The van der Waals surface area contributed by atoms with Crippen LogP contribution in [-0.4, -0.2) is 25.0 Å². The van der Waals surface area contributed by atoms with Gasteiger partial charge in [0.2, 0.25) is 0 Å². The van der Waals surface area contributed by atoms with Gasteiger partial charge < -0.3 is 15.0 Å². The van der Waals surface area contributed by atoms with E-state index in [9.17, 15) is 9.59 Å². The summed E-state index contributed by atoms with van der Waals surface area (Å²) in [5.74, 6) is 0.580. The van der Waals surface area contributed by atoms with Crippen LogP contribution in [-0.2, 0) is 13.0 Å². The summed E-state index contributed by atoms with van der Waals surface area (Å²) in [6.45, 7) is 4.42. The molecule has 0 unspecified atom stereocenters. The van der Waals surface area contributed by atoms with Gasteiger partial charge in [0.25, 0.3) is 11.8 Å². The Morgan fingerprint density at radius 1 is 1.03 bits per heavy atom. The molecule has 5 nitrogen and oxygen atoms in total. The summed E-state index contributed by atoms with van der Waals surface area (Å²) in [7, 11) is 1.61. The molecule has 0 saturated carbocycles. The Labute approximate surface area is 182 Å². The Hall–Kier alpha value is -3.60. The Morgan fingerprint density at radius 3 is 2.52 bits per heavy atom. The van der Waals surface area contributed by atoms with Gasteiger partial charge >= 0.3 is 0 Å². The molecule has 158 valence electrons. The maximum absolute atomic E-state index is 13.2. The Kier molecular flexibility index (Phi) is 5.76. The van der Waals surface area contributed by atoms with Crippen molar-refractivity contribution < 1.29 is 14.3 Å². The number of fused-ring (bicyclic) bond motifs is 1. The second-order valence-corrected chi connectivity index (χ2v) is 7.97. The molecule has 1 atom stereocenters. The number of hydrogen-bond acceptors (Lipinski definition) is 3. The number of nitrogens with zero attached hydrogens (tertiary/aromatic N) is 1. The molecule has 0 saturated heterocycles. The zero-order valence-corrected chi connectivity index (χ0v) is 18.0. The average Bonchev–Trinajstić information content (AvgIpc) is 3.12. The molecule has 3 aromatic carbocycles. The van der Waals surface area contributed by atoms with E-state index in [0.29, 0.717) is 17.7 Å². The van der Waals surface area contributed by atoms with Crippen LogP contribution in [0.2, 0.25) is 0 Å². The first kappa shape index (κ1) is 20.7. The first-order valence-electron chi connectivity index (χ1n) is 10.4. The molecule has 31 heavy (non-hydrogen) atoms. The van der Waals surface area contributed by atoms with Gasteiger partial charge in [-0.25, -0.2) is 0 Å². The maximum atomic E-state index is 13.2. The van der Waals surface area contributed by atoms with Gasteiger partial charge in [-0.15, -0.1) is 0 Å². The van der Waals surface area contributed by atoms with Crippen LogP contribution in [0, 0.1) is 6.92 Å². The molecule has 0 fully saturated rings. The topological polar surface area (TPSA) is 58.6 Å². The number of amides is 2. The van der Waals surface area contributed by atoms with Crippen molar-refractivity contribution in [3.8, 4) is 5.75 Å². The predicted molar refractivity (Wildman–Crippen MR) is 122 cm³/mol. The van der Waals surface area contributed by atoms with E-state index in [1.54, 1.807) is 31.4 Å². The van der Waals surface area contributed by atoms with E-state index in [-0.39, 0.29) is 17.9 Å². The molecule has 4 rings (SSSR count). The first-order valence-corrected chi connectivity index (χ1v) is 10.4. The first-order chi connectivity index (χ1) is 15.0. The highest BCUT2D eigenvalue weighted by atomic mass is 16.5. The summed E-state index contributed by atoms with van der Waals surface area (Å²) in [5, 5.41) is 2.98. The highest BCUT2D eigenvalue weighted by molar-refractivity contribution is 6.07. The van der Waals surface area contributed by atoms with Crippen LogP contribution in [0.25, 0.3) is 0 Å². The fraction of sp³-hybridized carbons (Fsp3) is 0.231. The van der Waals surface area contributed by atoms with Gasteiger partial charge in [-0.05, 0) is 73.9 Å². The lowest BCUT2D eigenvalue weighted by molar-refractivity contribution is 0.0948. The maximum Gasteiger partial charge on any atom is 0.258 e. The minimum absolute atomic E-state index is 0.0325. The molecule has 1 heterocycles. The van der Waals surface area contributed by atoms with Crippen molar-refractivity contribution in [3.63, 3.8) is 0 Å². The van der Waals surface area contributed by atoms with E-state index in [2.05, 4.69) is 18.3 Å². The van der Waals surface area contributed by atoms with Crippen LogP contribution in [0.1, 0.15) is 44.3 Å². The van der Waals surface area contributed by atoms with Crippen molar-refractivity contribution in [1.82, 2.24) is 5.32 Å². The standard InChI is InChI=1S/C26H26N2O3/c1-17-5-4-6-22(13-17)25(29)27-16-19-7-8-21-14-18(2)28(24(21)15-19)26(30)20-9-11-23(31-3)12-10-20/h4-13,15,18H,14,16H2,1-3H3,(H,27,29)/t18-/m0/s1. The van der Waals surface area contributed by atoms with E-state index < -0.39 is 0 Å². The molecule has 5 heteroatoms. The molecule has 2 amide bonds. The Morgan fingerprint density at radius 2 is 1.81 bits per heavy atom. The van der Waals surface area contributed by atoms with E-state index >= 15 is 0 Å². The van der Waals surface area contributed by atoms with Crippen LogP contribution in [0.15, 0.2) is 66.7 Å². The molecule has 0 aromatic heterocycles. The normalized spacial score (nSPS) is 14.8. The van der Waals surface area contributed by atoms with Crippen molar-refractivity contribution in [2.24, 2.45) is 0 Å². The average molecular weight is 415 g/mol. The number of ether oxygens (including phenoxy) is 1.